The van der Waals surface area contributed by atoms with Gasteiger partial charge in [-0.15, -0.1) is 11.8 Å². The molecule has 0 aromatic heterocycles. The maximum Gasteiger partial charge on any atom is 0.254 e. The molecule has 1 aromatic carbocycles. The van der Waals surface area contributed by atoms with Gasteiger partial charge >= 0.3 is 0 Å². The van der Waals surface area contributed by atoms with Gasteiger partial charge in [-0.2, -0.15) is 0 Å². The third-order valence-electron chi connectivity index (χ3n) is 3.84. The highest BCUT2D eigenvalue weighted by atomic mass is 32.2. The van der Waals surface area contributed by atoms with Crippen LogP contribution < -0.4 is 0 Å². The van der Waals surface area contributed by atoms with Crippen LogP contribution in [0.25, 0.3) is 0 Å². The molecule has 1 amide bonds. The zero-order chi connectivity index (χ0) is 13.8. The zero-order valence-corrected chi connectivity index (χ0v) is 12.3. The molecule has 1 aliphatic rings. The highest BCUT2D eigenvalue weighted by Crippen LogP contribution is 2.24. The summed E-state index contributed by atoms with van der Waals surface area (Å²) in [7, 11) is 0. The van der Waals surface area contributed by atoms with Crippen molar-refractivity contribution in [1.29, 1.82) is 0 Å². The summed E-state index contributed by atoms with van der Waals surface area (Å²) in [5.41, 5.74) is 0.739. The van der Waals surface area contributed by atoms with Crippen LogP contribution >= 0.6 is 11.8 Å². The van der Waals surface area contributed by atoms with E-state index in [1.54, 1.807) is 11.8 Å². The fourth-order valence-electron chi connectivity index (χ4n) is 2.51. The molecule has 0 radical (unpaired) electrons. The normalized spacial score (nSPS) is 23.4. The van der Waals surface area contributed by atoms with Crippen LogP contribution in [0.15, 0.2) is 29.2 Å². The van der Waals surface area contributed by atoms with E-state index < -0.39 is 0 Å². The monoisotopic (exact) mass is 279 g/mol. The summed E-state index contributed by atoms with van der Waals surface area (Å²) in [5.74, 6) is 0.309. The minimum absolute atomic E-state index is 0.0818. The molecule has 3 nitrogen and oxygen atoms in total. The van der Waals surface area contributed by atoms with Gasteiger partial charge in [0.25, 0.3) is 5.91 Å². The first-order chi connectivity index (χ1) is 9.15. The Balaban J connectivity index is 2.12. The summed E-state index contributed by atoms with van der Waals surface area (Å²) in [6.45, 7) is 2.92. The number of thioether (sulfide) groups is 1. The van der Waals surface area contributed by atoms with E-state index in [1.807, 2.05) is 35.4 Å². The lowest BCUT2D eigenvalue weighted by atomic mass is 9.93. The smallest absolute Gasteiger partial charge is 0.254 e. The molecule has 1 aromatic rings. The molecule has 0 saturated carbocycles. The Bertz CT molecular complexity index is 432. The SMILES string of the molecule is CSc1ccc(C(=O)N2CC(CO)CCC2C)cc1. The topological polar surface area (TPSA) is 40.5 Å². The number of piperidine rings is 1. The molecule has 19 heavy (non-hydrogen) atoms. The summed E-state index contributed by atoms with van der Waals surface area (Å²) in [6, 6.07) is 8.01. The fourth-order valence-corrected chi connectivity index (χ4v) is 2.92. The van der Waals surface area contributed by atoms with Crippen LogP contribution in [0.2, 0.25) is 0 Å². The van der Waals surface area contributed by atoms with E-state index in [1.165, 1.54) is 0 Å². The maximum absolute atomic E-state index is 12.5. The third-order valence-corrected chi connectivity index (χ3v) is 4.58. The summed E-state index contributed by atoms with van der Waals surface area (Å²) in [5, 5.41) is 9.27. The Hall–Kier alpha value is -1.00. The van der Waals surface area contributed by atoms with E-state index in [0.29, 0.717) is 6.54 Å². The molecule has 2 unspecified atom stereocenters. The molecule has 1 heterocycles. The van der Waals surface area contributed by atoms with Crippen molar-refractivity contribution in [3.05, 3.63) is 29.8 Å². The molecule has 1 aliphatic heterocycles. The highest BCUT2D eigenvalue weighted by molar-refractivity contribution is 7.98. The van der Waals surface area contributed by atoms with Gasteiger partial charge in [-0.3, -0.25) is 4.79 Å². The van der Waals surface area contributed by atoms with Crippen LogP contribution in [-0.2, 0) is 0 Å². The van der Waals surface area contributed by atoms with Gasteiger partial charge in [-0.25, -0.2) is 0 Å². The second kappa shape index (κ2) is 6.44. The standard InChI is InChI=1S/C15H21NO2S/c1-11-3-4-12(10-17)9-16(11)15(18)13-5-7-14(19-2)8-6-13/h5-8,11-12,17H,3-4,9-10H2,1-2H3. The number of benzene rings is 1. The maximum atomic E-state index is 12.5. The van der Waals surface area contributed by atoms with E-state index in [-0.39, 0.29) is 24.5 Å². The third kappa shape index (κ3) is 3.31. The van der Waals surface area contributed by atoms with Crippen LogP contribution in [-0.4, -0.2) is 41.4 Å². The molecule has 104 valence electrons. The van der Waals surface area contributed by atoms with Crippen molar-refractivity contribution in [1.82, 2.24) is 4.90 Å². The summed E-state index contributed by atoms with van der Waals surface area (Å²) in [6.07, 6.45) is 4.00. The molecule has 0 bridgehead atoms. The number of amides is 1. The second-order valence-corrected chi connectivity index (χ2v) is 6.04. The van der Waals surface area contributed by atoms with Gasteiger partial charge in [0.2, 0.25) is 0 Å². The van der Waals surface area contributed by atoms with Crippen molar-refractivity contribution in [2.24, 2.45) is 5.92 Å². The van der Waals surface area contributed by atoms with Crippen LogP contribution in [0, 0.1) is 5.92 Å². The predicted molar refractivity (Wildman–Crippen MR) is 78.5 cm³/mol. The van der Waals surface area contributed by atoms with Crippen LogP contribution in [0.5, 0.6) is 0 Å². The average molecular weight is 279 g/mol. The summed E-state index contributed by atoms with van der Waals surface area (Å²) in [4.78, 5) is 15.6. The Kier molecular flexibility index (Phi) is 4.88. The van der Waals surface area contributed by atoms with Crippen LogP contribution in [0.4, 0.5) is 0 Å². The second-order valence-electron chi connectivity index (χ2n) is 5.16. The minimum atomic E-state index is 0.0818. The number of hydrogen-bond acceptors (Lipinski definition) is 3. The van der Waals surface area contributed by atoms with Gasteiger partial charge in [0.05, 0.1) is 0 Å². The minimum Gasteiger partial charge on any atom is -0.396 e. The molecule has 1 fully saturated rings. The Morgan fingerprint density at radius 1 is 1.37 bits per heavy atom. The molecule has 1 N–H and O–H groups in total. The first-order valence-electron chi connectivity index (χ1n) is 6.71. The molecule has 2 rings (SSSR count). The van der Waals surface area contributed by atoms with E-state index in [0.717, 1.165) is 23.3 Å². The number of likely N-dealkylation sites (tertiary alicyclic amines) is 1. The average Bonchev–Trinajstić information content (AvgIpc) is 2.47. The molecule has 4 heteroatoms. The largest absolute Gasteiger partial charge is 0.396 e. The molecular formula is C15H21NO2S. The first kappa shape index (κ1) is 14.4. The lowest BCUT2D eigenvalue weighted by Crippen LogP contribution is -2.46. The van der Waals surface area contributed by atoms with E-state index in [2.05, 4.69) is 6.92 Å². The van der Waals surface area contributed by atoms with Crippen molar-refractivity contribution >= 4 is 17.7 Å². The first-order valence-corrected chi connectivity index (χ1v) is 7.94. The molecule has 0 aliphatic carbocycles. The van der Waals surface area contributed by atoms with Crippen molar-refractivity contribution in [3.63, 3.8) is 0 Å². The quantitative estimate of drug-likeness (QED) is 0.865. The van der Waals surface area contributed by atoms with Crippen molar-refractivity contribution in [2.75, 3.05) is 19.4 Å². The van der Waals surface area contributed by atoms with Gasteiger partial charge in [-0.05, 0) is 56.2 Å². The molecule has 1 saturated heterocycles. The number of carbonyl (C=O) groups excluding carboxylic acids is 1. The lowest BCUT2D eigenvalue weighted by Gasteiger charge is -2.37. The van der Waals surface area contributed by atoms with Gasteiger partial charge in [-0.1, -0.05) is 0 Å². The van der Waals surface area contributed by atoms with E-state index in [4.69, 9.17) is 0 Å². The Morgan fingerprint density at radius 2 is 2.05 bits per heavy atom. The number of carbonyl (C=O) groups is 1. The highest BCUT2D eigenvalue weighted by Gasteiger charge is 2.29. The fraction of sp³-hybridized carbons (Fsp3) is 0.533. The Labute approximate surface area is 119 Å². The number of aliphatic hydroxyl groups is 1. The predicted octanol–water partition coefficient (Wildman–Crippen LogP) is 2.64. The summed E-state index contributed by atoms with van der Waals surface area (Å²) >= 11 is 1.67. The van der Waals surface area contributed by atoms with E-state index >= 15 is 0 Å². The Morgan fingerprint density at radius 3 is 2.63 bits per heavy atom. The van der Waals surface area contributed by atoms with Gasteiger partial charge < -0.3 is 10.0 Å². The molecule has 2 atom stereocenters. The number of nitrogens with zero attached hydrogens (tertiary/aromatic N) is 1. The van der Waals surface area contributed by atoms with Crippen molar-refractivity contribution in [3.8, 4) is 0 Å². The summed E-state index contributed by atoms with van der Waals surface area (Å²) < 4.78 is 0. The zero-order valence-electron chi connectivity index (χ0n) is 11.5. The number of rotatable bonds is 3. The van der Waals surface area contributed by atoms with E-state index in [9.17, 15) is 9.90 Å². The lowest BCUT2D eigenvalue weighted by molar-refractivity contribution is 0.0489. The number of hydrogen-bond donors (Lipinski definition) is 1. The van der Waals surface area contributed by atoms with Crippen molar-refractivity contribution in [2.45, 2.75) is 30.7 Å². The van der Waals surface area contributed by atoms with Crippen LogP contribution in [0.1, 0.15) is 30.1 Å². The molecular weight excluding hydrogens is 258 g/mol. The van der Waals surface area contributed by atoms with Crippen molar-refractivity contribution < 1.29 is 9.90 Å². The van der Waals surface area contributed by atoms with Gasteiger partial charge in [0.15, 0.2) is 0 Å². The number of aliphatic hydroxyl groups excluding tert-OH is 1. The van der Waals surface area contributed by atoms with Crippen LogP contribution in [0.3, 0.4) is 0 Å². The molecule has 0 spiro atoms. The van der Waals surface area contributed by atoms with Gasteiger partial charge in [0, 0.05) is 29.7 Å². The van der Waals surface area contributed by atoms with Gasteiger partial charge in [0.1, 0.15) is 0 Å².